The van der Waals surface area contributed by atoms with E-state index in [-0.39, 0.29) is 18.5 Å². The van der Waals surface area contributed by atoms with Crippen LogP contribution in [0.1, 0.15) is 32.8 Å². The van der Waals surface area contributed by atoms with Crippen molar-refractivity contribution in [2.45, 2.75) is 39.2 Å². The molecule has 1 aromatic rings. The lowest BCUT2D eigenvalue weighted by Gasteiger charge is -2.29. The molecular formula is C17H28N2O3. The first-order valence-electron chi connectivity index (χ1n) is 7.76. The number of rotatable bonds is 8. The molecule has 0 saturated carbocycles. The summed E-state index contributed by atoms with van der Waals surface area (Å²) in [4.78, 5) is 11.8. The van der Waals surface area contributed by atoms with Crippen LogP contribution in [0.25, 0.3) is 0 Å². The fraction of sp³-hybridized carbons (Fsp3) is 0.588. The normalized spacial score (nSPS) is 14.8. The number of aliphatic hydroxyl groups is 1. The number of carbonyl (C=O) groups excluding carboxylic acids is 1. The van der Waals surface area contributed by atoms with Gasteiger partial charge in [-0.1, -0.05) is 32.4 Å². The molecule has 124 valence electrons. The molecule has 0 aliphatic carbocycles. The van der Waals surface area contributed by atoms with Crippen LogP contribution in [-0.4, -0.2) is 36.9 Å². The van der Waals surface area contributed by atoms with Gasteiger partial charge in [-0.05, 0) is 37.0 Å². The monoisotopic (exact) mass is 308 g/mol. The number of benzene rings is 1. The molecule has 1 rings (SSSR count). The molecule has 1 aromatic carbocycles. The van der Waals surface area contributed by atoms with E-state index in [1.165, 1.54) is 0 Å². The second kappa shape index (κ2) is 8.63. The third-order valence-corrected chi connectivity index (χ3v) is 4.11. The lowest BCUT2D eigenvalue weighted by Crippen LogP contribution is -2.48. The molecule has 3 N–H and O–H groups in total. The maximum atomic E-state index is 11.8. The Labute approximate surface area is 133 Å². The van der Waals surface area contributed by atoms with Gasteiger partial charge < -0.3 is 20.5 Å². The van der Waals surface area contributed by atoms with Gasteiger partial charge in [-0.15, -0.1) is 0 Å². The zero-order chi connectivity index (χ0) is 16.6. The van der Waals surface area contributed by atoms with Gasteiger partial charge in [0, 0.05) is 13.1 Å². The van der Waals surface area contributed by atoms with Crippen molar-refractivity contribution in [3.8, 4) is 5.75 Å². The van der Waals surface area contributed by atoms with Gasteiger partial charge in [0.2, 0.25) is 0 Å². The van der Waals surface area contributed by atoms with Crippen LogP contribution >= 0.6 is 0 Å². The molecule has 0 fully saturated rings. The van der Waals surface area contributed by atoms with E-state index in [1.54, 1.807) is 14.0 Å². The summed E-state index contributed by atoms with van der Waals surface area (Å²) in [7, 11) is 1.63. The zero-order valence-corrected chi connectivity index (χ0v) is 14.0. The largest absolute Gasteiger partial charge is 0.497 e. The van der Waals surface area contributed by atoms with E-state index in [4.69, 9.17) is 4.74 Å². The van der Waals surface area contributed by atoms with E-state index < -0.39 is 5.60 Å². The van der Waals surface area contributed by atoms with Crippen LogP contribution < -0.4 is 15.4 Å². The molecule has 0 radical (unpaired) electrons. The fourth-order valence-electron chi connectivity index (χ4n) is 2.08. The Morgan fingerprint density at radius 2 is 2.14 bits per heavy atom. The molecule has 0 aromatic heterocycles. The minimum atomic E-state index is -0.890. The highest BCUT2D eigenvalue weighted by atomic mass is 16.5. The lowest BCUT2D eigenvalue weighted by atomic mass is 9.89. The van der Waals surface area contributed by atoms with Crippen LogP contribution in [-0.2, 0) is 6.42 Å². The first kappa shape index (κ1) is 18.3. The van der Waals surface area contributed by atoms with Crippen LogP contribution in [0.15, 0.2) is 24.3 Å². The minimum absolute atomic E-state index is 0.129. The number of urea groups is 1. The topological polar surface area (TPSA) is 70.6 Å². The van der Waals surface area contributed by atoms with E-state index in [2.05, 4.69) is 10.6 Å². The average Bonchev–Trinajstić information content (AvgIpc) is 2.52. The second-order valence-corrected chi connectivity index (χ2v) is 5.88. The van der Waals surface area contributed by atoms with Gasteiger partial charge in [0.05, 0.1) is 12.7 Å². The Hall–Kier alpha value is -1.75. The molecule has 0 saturated heterocycles. The molecule has 2 atom stereocenters. The van der Waals surface area contributed by atoms with E-state index in [1.807, 2.05) is 38.1 Å². The summed E-state index contributed by atoms with van der Waals surface area (Å²) in [6.07, 6.45) is 1.60. The highest BCUT2D eigenvalue weighted by Gasteiger charge is 2.27. The van der Waals surface area contributed by atoms with Crippen molar-refractivity contribution in [3.05, 3.63) is 29.8 Å². The molecule has 5 nitrogen and oxygen atoms in total. The summed E-state index contributed by atoms with van der Waals surface area (Å²) in [5, 5.41) is 15.8. The van der Waals surface area contributed by atoms with Crippen LogP contribution in [0, 0.1) is 5.92 Å². The van der Waals surface area contributed by atoms with E-state index in [0.29, 0.717) is 6.54 Å². The van der Waals surface area contributed by atoms with Crippen molar-refractivity contribution >= 4 is 6.03 Å². The Kier molecular flexibility index (Phi) is 7.18. The van der Waals surface area contributed by atoms with Crippen LogP contribution in [0.2, 0.25) is 0 Å². The maximum absolute atomic E-state index is 11.8. The summed E-state index contributed by atoms with van der Waals surface area (Å²) in [6.45, 7) is 6.52. The molecule has 0 bridgehead atoms. The van der Waals surface area contributed by atoms with Gasteiger partial charge in [0.25, 0.3) is 0 Å². The van der Waals surface area contributed by atoms with Crippen molar-refractivity contribution < 1.29 is 14.6 Å². The molecule has 0 heterocycles. The molecular weight excluding hydrogens is 280 g/mol. The zero-order valence-electron chi connectivity index (χ0n) is 14.0. The van der Waals surface area contributed by atoms with Gasteiger partial charge >= 0.3 is 6.03 Å². The summed E-state index contributed by atoms with van der Waals surface area (Å²) in [5.41, 5.74) is 0.213. The van der Waals surface area contributed by atoms with Gasteiger partial charge in [-0.3, -0.25) is 0 Å². The molecule has 22 heavy (non-hydrogen) atoms. The van der Waals surface area contributed by atoms with Gasteiger partial charge in [0.15, 0.2) is 0 Å². The number of carbonyl (C=O) groups is 1. The third kappa shape index (κ3) is 5.93. The lowest BCUT2D eigenvalue weighted by molar-refractivity contribution is 0.00791. The fourth-order valence-corrected chi connectivity index (χ4v) is 2.08. The Morgan fingerprint density at radius 1 is 1.41 bits per heavy atom. The van der Waals surface area contributed by atoms with Gasteiger partial charge in [-0.2, -0.15) is 0 Å². The van der Waals surface area contributed by atoms with Crippen molar-refractivity contribution in [1.29, 1.82) is 0 Å². The average molecular weight is 308 g/mol. The molecule has 0 spiro atoms. The highest BCUT2D eigenvalue weighted by molar-refractivity contribution is 5.73. The smallest absolute Gasteiger partial charge is 0.314 e. The predicted octanol–water partition coefficient (Wildman–Crippen LogP) is 2.33. The molecule has 2 amide bonds. The Bertz CT molecular complexity index is 475. The standard InChI is InChI=1S/C17H28N2O3/c1-5-13(2)17(3,21)12-19-16(20)18-10-9-14-7-6-8-15(11-14)22-4/h6-8,11,13,21H,5,9-10,12H2,1-4H3,(H2,18,19,20). The number of hydrogen-bond donors (Lipinski definition) is 3. The van der Waals surface area contributed by atoms with Crippen LogP contribution in [0.5, 0.6) is 5.75 Å². The number of amides is 2. The number of hydrogen-bond acceptors (Lipinski definition) is 3. The SMILES string of the molecule is CCC(C)C(C)(O)CNC(=O)NCCc1cccc(OC)c1. The summed E-state index contributed by atoms with van der Waals surface area (Å²) in [5.74, 6) is 0.941. The van der Waals surface area contributed by atoms with Gasteiger partial charge in [0.1, 0.15) is 5.75 Å². The minimum Gasteiger partial charge on any atom is -0.497 e. The van der Waals surface area contributed by atoms with E-state index in [9.17, 15) is 9.90 Å². The maximum Gasteiger partial charge on any atom is 0.314 e. The van der Waals surface area contributed by atoms with Crippen LogP contribution in [0.3, 0.4) is 0 Å². The predicted molar refractivity (Wildman–Crippen MR) is 88.2 cm³/mol. The number of nitrogens with one attached hydrogen (secondary N) is 2. The van der Waals surface area contributed by atoms with Crippen molar-refractivity contribution in [3.63, 3.8) is 0 Å². The molecule has 0 aliphatic rings. The Morgan fingerprint density at radius 3 is 2.77 bits per heavy atom. The highest BCUT2D eigenvalue weighted by Crippen LogP contribution is 2.18. The van der Waals surface area contributed by atoms with Crippen molar-refractivity contribution in [2.75, 3.05) is 20.2 Å². The third-order valence-electron chi connectivity index (χ3n) is 4.11. The van der Waals surface area contributed by atoms with E-state index >= 15 is 0 Å². The number of ether oxygens (including phenoxy) is 1. The quantitative estimate of drug-likeness (QED) is 0.690. The Balaban J connectivity index is 2.31. The van der Waals surface area contributed by atoms with E-state index in [0.717, 1.165) is 24.2 Å². The molecule has 5 heteroatoms. The summed E-state index contributed by atoms with van der Waals surface area (Å²) in [6, 6.07) is 7.51. The molecule has 0 aliphatic heterocycles. The summed E-state index contributed by atoms with van der Waals surface area (Å²) >= 11 is 0. The van der Waals surface area contributed by atoms with Gasteiger partial charge in [-0.25, -0.2) is 4.79 Å². The van der Waals surface area contributed by atoms with Crippen LogP contribution in [0.4, 0.5) is 4.79 Å². The van der Waals surface area contributed by atoms with Crippen molar-refractivity contribution in [1.82, 2.24) is 10.6 Å². The van der Waals surface area contributed by atoms with Crippen molar-refractivity contribution in [2.24, 2.45) is 5.92 Å². The molecule has 2 unspecified atom stereocenters. The first-order valence-corrected chi connectivity index (χ1v) is 7.76. The first-order chi connectivity index (χ1) is 10.4. The number of methoxy groups -OCH3 is 1. The second-order valence-electron chi connectivity index (χ2n) is 5.88. The summed E-state index contributed by atoms with van der Waals surface area (Å²) < 4.78 is 5.16.